The first kappa shape index (κ1) is 8.68. The van der Waals surface area contributed by atoms with Crippen LogP contribution in [0.15, 0.2) is 0 Å². The second-order valence-electron chi connectivity index (χ2n) is 3.45. The van der Waals surface area contributed by atoms with Crippen LogP contribution in [-0.4, -0.2) is 30.7 Å². The molecule has 1 saturated heterocycles. The third kappa shape index (κ3) is 1.30. The van der Waals surface area contributed by atoms with E-state index in [1.54, 1.807) is 0 Å². The summed E-state index contributed by atoms with van der Waals surface area (Å²) >= 11 is 0. The number of hydrogen-bond donors (Lipinski definition) is 1. The number of rotatable bonds is 3. The van der Waals surface area contributed by atoms with E-state index in [1.807, 2.05) is 13.8 Å². The highest BCUT2D eigenvalue weighted by molar-refractivity contribution is 5.87. The van der Waals surface area contributed by atoms with Gasteiger partial charge >= 0.3 is 0 Å². The fourth-order valence-electron chi connectivity index (χ4n) is 1.27. The smallest absolute Gasteiger partial charge is 0.148 e. The average Bonchev–Trinajstić information content (AvgIpc) is 1.86. The summed E-state index contributed by atoms with van der Waals surface area (Å²) in [6.45, 7) is 4.39. The normalized spacial score (nSPS) is 21.5. The second kappa shape index (κ2) is 2.91. The number of aliphatic hydroxyl groups is 1. The summed E-state index contributed by atoms with van der Waals surface area (Å²) in [4.78, 5) is 11.4. The first-order valence-corrected chi connectivity index (χ1v) is 3.85. The van der Waals surface area contributed by atoms with Crippen molar-refractivity contribution in [1.29, 1.82) is 0 Å². The molecule has 1 heterocycles. The van der Waals surface area contributed by atoms with E-state index in [-0.39, 0.29) is 18.3 Å². The van der Waals surface area contributed by atoms with Crippen LogP contribution in [0.3, 0.4) is 0 Å². The summed E-state index contributed by atoms with van der Waals surface area (Å²) < 4.78 is 4.92. The molecule has 0 atom stereocenters. The first-order chi connectivity index (χ1) is 5.12. The van der Waals surface area contributed by atoms with Crippen LogP contribution < -0.4 is 0 Å². The van der Waals surface area contributed by atoms with Gasteiger partial charge in [-0.2, -0.15) is 0 Å². The molecule has 0 aromatic heterocycles. The summed E-state index contributed by atoms with van der Waals surface area (Å²) in [6, 6.07) is 0. The zero-order chi connectivity index (χ0) is 8.48. The molecule has 1 rings (SSSR count). The summed E-state index contributed by atoms with van der Waals surface area (Å²) in [5.41, 5.74) is -0.561. The SMILES string of the molecule is CC(C)C(=O)C1(CO)COC1. The van der Waals surface area contributed by atoms with Crippen molar-refractivity contribution in [3.63, 3.8) is 0 Å². The van der Waals surface area contributed by atoms with E-state index in [0.29, 0.717) is 13.2 Å². The van der Waals surface area contributed by atoms with Gasteiger partial charge in [0, 0.05) is 5.92 Å². The van der Waals surface area contributed by atoms with Gasteiger partial charge in [0.05, 0.1) is 25.2 Å². The number of carbonyl (C=O) groups excluding carboxylic acids is 1. The summed E-state index contributed by atoms with van der Waals surface area (Å²) in [5, 5.41) is 8.96. The molecule has 0 aromatic rings. The molecule has 1 aliphatic rings. The Balaban J connectivity index is 2.62. The Hall–Kier alpha value is -0.410. The first-order valence-electron chi connectivity index (χ1n) is 3.85. The molecule has 1 aliphatic heterocycles. The molecule has 0 radical (unpaired) electrons. The summed E-state index contributed by atoms with van der Waals surface area (Å²) in [6.07, 6.45) is 0. The van der Waals surface area contributed by atoms with E-state index in [1.165, 1.54) is 0 Å². The number of hydrogen-bond acceptors (Lipinski definition) is 3. The molecule has 3 heteroatoms. The van der Waals surface area contributed by atoms with Crippen LogP contribution in [0.2, 0.25) is 0 Å². The van der Waals surface area contributed by atoms with Crippen molar-refractivity contribution in [2.24, 2.45) is 11.3 Å². The Morgan fingerprint density at radius 2 is 2.18 bits per heavy atom. The minimum absolute atomic E-state index is 0.00829. The minimum Gasteiger partial charge on any atom is -0.395 e. The lowest BCUT2D eigenvalue weighted by Crippen LogP contribution is -2.53. The number of ether oxygens (including phenoxy) is 1. The molecule has 0 saturated carbocycles. The van der Waals surface area contributed by atoms with E-state index in [9.17, 15) is 4.79 Å². The zero-order valence-corrected chi connectivity index (χ0v) is 6.96. The van der Waals surface area contributed by atoms with Crippen molar-refractivity contribution in [1.82, 2.24) is 0 Å². The van der Waals surface area contributed by atoms with Crippen molar-refractivity contribution in [2.75, 3.05) is 19.8 Å². The number of ketones is 1. The molecular weight excluding hydrogens is 144 g/mol. The van der Waals surface area contributed by atoms with Crippen molar-refractivity contribution in [3.05, 3.63) is 0 Å². The van der Waals surface area contributed by atoms with E-state index in [2.05, 4.69) is 0 Å². The van der Waals surface area contributed by atoms with Crippen LogP contribution in [0.4, 0.5) is 0 Å². The van der Waals surface area contributed by atoms with Crippen LogP contribution in [0.1, 0.15) is 13.8 Å². The summed E-state index contributed by atoms with van der Waals surface area (Å²) in [5.74, 6) is 0.109. The number of aliphatic hydroxyl groups excluding tert-OH is 1. The van der Waals surface area contributed by atoms with Crippen LogP contribution in [-0.2, 0) is 9.53 Å². The highest BCUT2D eigenvalue weighted by atomic mass is 16.5. The maximum absolute atomic E-state index is 11.4. The minimum atomic E-state index is -0.561. The van der Waals surface area contributed by atoms with Gasteiger partial charge in [0.15, 0.2) is 0 Å². The van der Waals surface area contributed by atoms with Crippen LogP contribution >= 0.6 is 0 Å². The summed E-state index contributed by atoms with van der Waals surface area (Å²) in [7, 11) is 0. The van der Waals surface area contributed by atoms with Gasteiger partial charge in [0.25, 0.3) is 0 Å². The average molecular weight is 158 g/mol. The van der Waals surface area contributed by atoms with Gasteiger partial charge < -0.3 is 9.84 Å². The molecule has 1 N–H and O–H groups in total. The second-order valence-corrected chi connectivity index (χ2v) is 3.45. The largest absolute Gasteiger partial charge is 0.395 e. The molecular formula is C8H14O3. The molecule has 0 aromatic carbocycles. The molecule has 11 heavy (non-hydrogen) atoms. The number of carbonyl (C=O) groups is 1. The lowest BCUT2D eigenvalue weighted by Gasteiger charge is -2.39. The Morgan fingerprint density at radius 1 is 1.64 bits per heavy atom. The molecule has 0 bridgehead atoms. The Labute approximate surface area is 66.4 Å². The van der Waals surface area contributed by atoms with Gasteiger partial charge in [0.2, 0.25) is 0 Å². The maximum atomic E-state index is 11.4. The van der Waals surface area contributed by atoms with Gasteiger partial charge in [-0.1, -0.05) is 13.8 Å². The predicted molar refractivity (Wildman–Crippen MR) is 40.2 cm³/mol. The van der Waals surface area contributed by atoms with Crippen molar-refractivity contribution < 1.29 is 14.6 Å². The Bertz CT molecular complexity index is 153. The van der Waals surface area contributed by atoms with Gasteiger partial charge in [-0.15, -0.1) is 0 Å². The van der Waals surface area contributed by atoms with E-state index >= 15 is 0 Å². The third-order valence-corrected chi connectivity index (χ3v) is 2.11. The topological polar surface area (TPSA) is 46.5 Å². The molecule has 1 fully saturated rings. The fraction of sp³-hybridized carbons (Fsp3) is 0.875. The van der Waals surface area contributed by atoms with E-state index in [4.69, 9.17) is 9.84 Å². The van der Waals surface area contributed by atoms with E-state index < -0.39 is 5.41 Å². The van der Waals surface area contributed by atoms with Crippen LogP contribution in [0.5, 0.6) is 0 Å². The molecule has 0 spiro atoms. The lowest BCUT2D eigenvalue weighted by molar-refractivity contribution is -0.170. The van der Waals surface area contributed by atoms with Gasteiger partial charge in [0.1, 0.15) is 5.78 Å². The predicted octanol–water partition coefficient (Wildman–Crippen LogP) is 0.220. The standard InChI is InChI=1S/C8H14O3/c1-6(2)7(10)8(3-9)4-11-5-8/h6,9H,3-5H2,1-2H3. The Morgan fingerprint density at radius 3 is 2.27 bits per heavy atom. The zero-order valence-electron chi connectivity index (χ0n) is 6.96. The van der Waals surface area contributed by atoms with Gasteiger partial charge in [-0.05, 0) is 0 Å². The highest BCUT2D eigenvalue weighted by Gasteiger charge is 2.45. The third-order valence-electron chi connectivity index (χ3n) is 2.11. The number of Topliss-reactive ketones (excluding diaryl/α,β-unsaturated/α-hetero) is 1. The van der Waals surface area contributed by atoms with Crippen molar-refractivity contribution in [2.45, 2.75) is 13.8 Å². The molecule has 3 nitrogen and oxygen atoms in total. The fourth-order valence-corrected chi connectivity index (χ4v) is 1.27. The molecule has 64 valence electrons. The molecule has 0 aliphatic carbocycles. The molecule has 0 unspecified atom stereocenters. The quantitative estimate of drug-likeness (QED) is 0.639. The monoisotopic (exact) mass is 158 g/mol. The molecule has 0 amide bonds. The Kier molecular flexibility index (Phi) is 2.30. The van der Waals surface area contributed by atoms with Crippen molar-refractivity contribution in [3.8, 4) is 0 Å². The van der Waals surface area contributed by atoms with Gasteiger partial charge in [-0.25, -0.2) is 0 Å². The van der Waals surface area contributed by atoms with E-state index in [0.717, 1.165) is 0 Å². The van der Waals surface area contributed by atoms with Gasteiger partial charge in [-0.3, -0.25) is 4.79 Å². The van der Waals surface area contributed by atoms with Crippen LogP contribution in [0, 0.1) is 11.3 Å². The lowest BCUT2D eigenvalue weighted by atomic mass is 9.78. The van der Waals surface area contributed by atoms with Crippen LogP contribution in [0.25, 0.3) is 0 Å². The maximum Gasteiger partial charge on any atom is 0.148 e. The van der Waals surface area contributed by atoms with Crippen molar-refractivity contribution >= 4 is 5.78 Å². The highest BCUT2D eigenvalue weighted by Crippen LogP contribution is 2.30.